The van der Waals surface area contributed by atoms with Crippen LogP contribution in [0, 0.1) is 0 Å². The minimum absolute atomic E-state index is 0.0570. The van der Waals surface area contributed by atoms with Crippen molar-refractivity contribution in [3.8, 4) is 17.2 Å². The fourth-order valence-corrected chi connectivity index (χ4v) is 2.94. The Labute approximate surface area is 146 Å². The first kappa shape index (κ1) is 17.8. The summed E-state index contributed by atoms with van der Waals surface area (Å²) in [7, 11) is 1.55. The number of hydrogen-bond acceptors (Lipinski definition) is 7. The number of nitrogens with one attached hydrogen (secondary N) is 2. The van der Waals surface area contributed by atoms with E-state index in [-0.39, 0.29) is 25.9 Å². The summed E-state index contributed by atoms with van der Waals surface area (Å²) in [5.74, 6) is 1.67. The van der Waals surface area contributed by atoms with Gasteiger partial charge in [0.2, 0.25) is 6.79 Å². The number of aliphatic hydroxyl groups is 1. The second-order valence-corrected chi connectivity index (χ2v) is 6.14. The molecule has 2 aliphatic rings. The molecule has 8 nitrogen and oxygen atoms in total. The normalized spacial score (nSPS) is 19.3. The van der Waals surface area contributed by atoms with E-state index in [0.717, 1.165) is 13.1 Å². The number of benzene rings is 1. The van der Waals surface area contributed by atoms with Crippen molar-refractivity contribution in [3.63, 3.8) is 0 Å². The smallest absolute Gasteiger partial charge is 0.252 e. The Bertz CT molecular complexity index is 603. The molecular weight excluding hydrogens is 328 g/mol. The van der Waals surface area contributed by atoms with Crippen molar-refractivity contribution >= 4 is 5.91 Å². The van der Waals surface area contributed by atoms with Crippen molar-refractivity contribution in [1.82, 2.24) is 10.6 Å². The van der Waals surface area contributed by atoms with Gasteiger partial charge in [0.15, 0.2) is 11.5 Å². The second kappa shape index (κ2) is 7.90. The summed E-state index contributed by atoms with van der Waals surface area (Å²) in [6.45, 7) is 1.82. The van der Waals surface area contributed by atoms with Crippen LogP contribution in [0.4, 0.5) is 0 Å². The van der Waals surface area contributed by atoms with Gasteiger partial charge in [-0.15, -0.1) is 0 Å². The van der Waals surface area contributed by atoms with Gasteiger partial charge in [-0.05, 0) is 38.1 Å². The maximum absolute atomic E-state index is 12.4. The van der Waals surface area contributed by atoms with Gasteiger partial charge in [0.25, 0.3) is 5.91 Å². The van der Waals surface area contributed by atoms with Crippen LogP contribution in [0.2, 0.25) is 0 Å². The molecular formula is C17H24N2O6. The third-order valence-electron chi connectivity index (χ3n) is 4.50. The third-order valence-corrected chi connectivity index (χ3v) is 4.50. The first-order chi connectivity index (χ1) is 12.1. The average molecular weight is 352 g/mol. The Morgan fingerprint density at radius 2 is 2.12 bits per heavy atom. The first-order valence-corrected chi connectivity index (χ1v) is 8.38. The molecule has 1 amide bonds. The lowest BCUT2D eigenvalue weighted by atomic mass is 9.91. The topological polar surface area (TPSA) is 98.3 Å². The van der Waals surface area contributed by atoms with Gasteiger partial charge in [-0.2, -0.15) is 0 Å². The Morgan fingerprint density at radius 1 is 1.36 bits per heavy atom. The van der Waals surface area contributed by atoms with E-state index < -0.39 is 11.7 Å². The number of piperidine rings is 1. The molecule has 0 bridgehead atoms. The van der Waals surface area contributed by atoms with Gasteiger partial charge in [-0.3, -0.25) is 4.79 Å². The molecule has 1 unspecified atom stereocenters. The van der Waals surface area contributed by atoms with E-state index in [1.807, 2.05) is 0 Å². The van der Waals surface area contributed by atoms with Gasteiger partial charge in [-0.1, -0.05) is 0 Å². The molecule has 1 aromatic rings. The van der Waals surface area contributed by atoms with Crippen LogP contribution in [0.1, 0.15) is 12.8 Å². The molecule has 138 valence electrons. The molecule has 0 aliphatic carbocycles. The number of hydrogen-bond donors (Lipinski definition) is 3. The monoisotopic (exact) mass is 352 g/mol. The van der Waals surface area contributed by atoms with Crippen LogP contribution >= 0.6 is 0 Å². The molecule has 2 heterocycles. The van der Waals surface area contributed by atoms with E-state index in [9.17, 15) is 9.90 Å². The summed E-state index contributed by atoms with van der Waals surface area (Å²) in [6, 6.07) is 5.21. The number of carbonyl (C=O) groups excluding carboxylic acids is 1. The lowest BCUT2D eigenvalue weighted by Crippen LogP contribution is -2.55. The van der Waals surface area contributed by atoms with Crippen LogP contribution in [0.15, 0.2) is 18.2 Å². The molecule has 0 saturated carbocycles. The molecule has 2 aliphatic heterocycles. The van der Waals surface area contributed by atoms with Crippen LogP contribution in [0.25, 0.3) is 0 Å². The average Bonchev–Trinajstić information content (AvgIpc) is 3.12. The zero-order chi connectivity index (χ0) is 17.7. The number of methoxy groups -OCH3 is 1. The van der Waals surface area contributed by atoms with E-state index in [2.05, 4.69) is 10.6 Å². The zero-order valence-electron chi connectivity index (χ0n) is 14.2. The maximum atomic E-state index is 12.4. The van der Waals surface area contributed by atoms with Gasteiger partial charge in [-0.25, -0.2) is 0 Å². The maximum Gasteiger partial charge on any atom is 0.252 e. The third kappa shape index (κ3) is 4.15. The van der Waals surface area contributed by atoms with E-state index >= 15 is 0 Å². The lowest BCUT2D eigenvalue weighted by Gasteiger charge is -2.35. The number of fused-ring (bicyclic) bond motifs is 1. The summed E-state index contributed by atoms with van der Waals surface area (Å²) < 4.78 is 21.5. The molecule has 3 rings (SSSR count). The van der Waals surface area contributed by atoms with Gasteiger partial charge >= 0.3 is 0 Å². The predicted octanol–water partition coefficient (Wildman–Crippen LogP) is 0.0398. The van der Waals surface area contributed by atoms with Crippen LogP contribution < -0.4 is 24.8 Å². The van der Waals surface area contributed by atoms with E-state index in [1.165, 1.54) is 0 Å². The molecule has 0 aromatic heterocycles. The lowest BCUT2D eigenvalue weighted by molar-refractivity contribution is -0.147. The number of rotatable bonds is 7. The minimum atomic E-state index is -0.829. The molecule has 3 N–H and O–H groups in total. The summed E-state index contributed by atoms with van der Waals surface area (Å²) in [4.78, 5) is 12.4. The zero-order valence-corrected chi connectivity index (χ0v) is 14.2. The summed E-state index contributed by atoms with van der Waals surface area (Å²) in [5.41, 5.74) is -0.816. The Hall–Kier alpha value is -2.03. The van der Waals surface area contributed by atoms with E-state index in [4.69, 9.17) is 18.9 Å². The van der Waals surface area contributed by atoms with Crippen LogP contribution in [-0.4, -0.2) is 62.9 Å². The standard InChI is InChI=1S/C17H24N2O6/c1-22-17(4-6-18-7-5-17)16(21)19-9-12(20)10-23-13-2-3-14-15(8-13)25-11-24-14/h2-3,8,12,18,20H,4-7,9-11H2,1H3,(H,19,21). The summed E-state index contributed by atoms with van der Waals surface area (Å²) in [5, 5.41) is 16.0. The Balaban J connectivity index is 1.44. The molecule has 1 atom stereocenters. The van der Waals surface area contributed by atoms with Crippen molar-refractivity contribution < 1.29 is 28.8 Å². The molecule has 8 heteroatoms. The Kier molecular flexibility index (Phi) is 5.62. The highest BCUT2D eigenvalue weighted by Gasteiger charge is 2.39. The molecule has 1 saturated heterocycles. The highest BCUT2D eigenvalue weighted by atomic mass is 16.7. The highest BCUT2D eigenvalue weighted by molar-refractivity contribution is 5.85. The predicted molar refractivity (Wildman–Crippen MR) is 88.9 cm³/mol. The molecule has 1 aromatic carbocycles. The fourth-order valence-electron chi connectivity index (χ4n) is 2.94. The second-order valence-electron chi connectivity index (χ2n) is 6.14. The largest absolute Gasteiger partial charge is 0.491 e. The number of carbonyl (C=O) groups is 1. The van der Waals surface area contributed by atoms with Crippen molar-refractivity contribution in [2.24, 2.45) is 0 Å². The SMILES string of the molecule is COC1(C(=O)NCC(O)COc2ccc3c(c2)OCO3)CCNCC1. The highest BCUT2D eigenvalue weighted by Crippen LogP contribution is 2.35. The van der Waals surface area contributed by atoms with Crippen molar-refractivity contribution in [1.29, 1.82) is 0 Å². The van der Waals surface area contributed by atoms with Crippen LogP contribution in [0.3, 0.4) is 0 Å². The van der Waals surface area contributed by atoms with Crippen molar-refractivity contribution in [2.75, 3.05) is 40.1 Å². The molecule has 1 fully saturated rings. The van der Waals surface area contributed by atoms with Gasteiger partial charge in [0.1, 0.15) is 24.1 Å². The van der Waals surface area contributed by atoms with Crippen molar-refractivity contribution in [2.45, 2.75) is 24.5 Å². The molecule has 0 radical (unpaired) electrons. The van der Waals surface area contributed by atoms with Gasteiger partial charge < -0.3 is 34.7 Å². The quantitative estimate of drug-likeness (QED) is 0.637. The number of ether oxygens (including phenoxy) is 4. The van der Waals surface area contributed by atoms with E-state index in [1.54, 1.807) is 25.3 Å². The minimum Gasteiger partial charge on any atom is -0.491 e. The Morgan fingerprint density at radius 3 is 2.88 bits per heavy atom. The van der Waals surface area contributed by atoms with Gasteiger partial charge in [0.05, 0.1) is 0 Å². The van der Waals surface area contributed by atoms with Crippen LogP contribution in [0.5, 0.6) is 17.2 Å². The van der Waals surface area contributed by atoms with Crippen LogP contribution in [-0.2, 0) is 9.53 Å². The van der Waals surface area contributed by atoms with E-state index in [0.29, 0.717) is 30.1 Å². The van der Waals surface area contributed by atoms with Gasteiger partial charge in [0, 0.05) is 19.7 Å². The summed E-state index contributed by atoms with van der Waals surface area (Å²) >= 11 is 0. The summed E-state index contributed by atoms with van der Waals surface area (Å²) in [6.07, 6.45) is 0.392. The first-order valence-electron chi connectivity index (χ1n) is 8.38. The molecule has 25 heavy (non-hydrogen) atoms. The number of aliphatic hydroxyl groups excluding tert-OH is 1. The van der Waals surface area contributed by atoms with Crippen molar-refractivity contribution in [3.05, 3.63) is 18.2 Å². The fraction of sp³-hybridized carbons (Fsp3) is 0.588. The molecule has 0 spiro atoms. The number of amides is 1.